The quantitative estimate of drug-likeness (QED) is 0.922. The lowest BCUT2D eigenvalue weighted by Gasteiger charge is -2.21. The topological polar surface area (TPSA) is 45.3 Å². The summed E-state index contributed by atoms with van der Waals surface area (Å²) in [5.74, 6) is 0.173. The third-order valence-corrected chi connectivity index (χ3v) is 3.86. The fourth-order valence-electron chi connectivity index (χ4n) is 2.79. The summed E-state index contributed by atoms with van der Waals surface area (Å²) in [6, 6.07) is 4.59. The van der Waals surface area contributed by atoms with Gasteiger partial charge in [0.2, 0.25) is 5.91 Å². The molecule has 1 N–H and O–H groups in total. The number of hydrogen-bond donors (Lipinski definition) is 1. The highest BCUT2D eigenvalue weighted by Gasteiger charge is 2.20. The van der Waals surface area contributed by atoms with Gasteiger partial charge in [0, 0.05) is 30.2 Å². The number of nitrogens with one attached hydrogen (secondary N) is 1. The second-order valence-electron chi connectivity index (χ2n) is 5.70. The van der Waals surface area contributed by atoms with E-state index in [1.54, 1.807) is 12.3 Å². The van der Waals surface area contributed by atoms with Crippen molar-refractivity contribution in [3.05, 3.63) is 35.8 Å². The van der Waals surface area contributed by atoms with Crippen molar-refractivity contribution in [2.75, 3.05) is 26.3 Å². The van der Waals surface area contributed by atoms with Crippen molar-refractivity contribution in [2.45, 2.75) is 13.3 Å². The van der Waals surface area contributed by atoms with E-state index in [0.29, 0.717) is 32.1 Å². The van der Waals surface area contributed by atoms with E-state index in [-0.39, 0.29) is 11.7 Å². The monoisotopic (exact) mass is 290 g/mol. The Morgan fingerprint density at radius 1 is 1.52 bits per heavy atom. The van der Waals surface area contributed by atoms with Crippen LogP contribution < -0.4 is 0 Å². The van der Waals surface area contributed by atoms with Gasteiger partial charge in [-0.25, -0.2) is 4.39 Å². The molecule has 112 valence electrons. The van der Waals surface area contributed by atoms with E-state index in [4.69, 9.17) is 4.74 Å². The Kier molecular flexibility index (Phi) is 3.92. The van der Waals surface area contributed by atoms with E-state index in [0.717, 1.165) is 23.0 Å². The zero-order chi connectivity index (χ0) is 14.8. The second kappa shape index (κ2) is 5.85. The number of ether oxygens (including phenoxy) is 1. The molecule has 2 heterocycles. The summed E-state index contributed by atoms with van der Waals surface area (Å²) in [7, 11) is 0. The van der Waals surface area contributed by atoms with Crippen LogP contribution in [0, 0.1) is 11.7 Å². The van der Waals surface area contributed by atoms with Gasteiger partial charge < -0.3 is 14.6 Å². The van der Waals surface area contributed by atoms with Crippen molar-refractivity contribution in [1.29, 1.82) is 0 Å². The van der Waals surface area contributed by atoms with Gasteiger partial charge in [-0.3, -0.25) is 4.79 Å². The molecule has 1 unspecified atom stereocenters. The zero-order valence-electron chi connectivity index (χ0n) is 12.1. The van der Waals surface area contributed by atoms with E-state index in [9.17, 15) is 9.18 Å². The minimum atomic E-state index is -0.277. The molecule has 1 fully saturated rings. The number of carbonyl (C=O) groups is 1. The molecule has 2 aromatic rings. The van der Waals surface area contributed by atoms with Crippen molar-refractivity contribution in [2.24, 2.45) is 5.92 Å². The number of hydrogen-bond acceptors (Lipinski definition) is 2. The summed E-state index contributed by atoms with van der Waals surface area (Å²) >= 11 is 0. The van der Waals surface area contributed by atoms with Crippen molar-refractivity contribution >= 4 is 16.8 Å². The van der Waals surface area contributed by atoms with Crippen LogP contribution in [0.4, 0.5) is 4.39 Å². The normalized spacial score (nSPS) is 19.7. The molecule has 1 aliphatic rings. The van der Waals surface area contributed by atoms with Crippen LogP contribution >= 0.6 is 0 Å². The molecule has 1 saturated heterocycles. The minimum Gasteiger partial charge on any atom is -0.379 e. The van der Waals surface area contributed by atoms with E-state index in [1.165, 1.54) is 12.1 Å². The fraction of sp³-hybridized carbons (Fsp3) is 0.438. The van der Waals surface area contributed by atoms with Gasteiger partial charge in [-0.2, -0.15) is 0 Å². The number of amides is 1. The highest BCUT2D eigenvalue weighted by atomic mass is 19.1. The molecule has 1 amide bonds. The van der Waals surface area contributed by atoms with E-state index in [1.807, 2.05) is 4.90 Å². The van der Waals surface area contributed by atoms with Crippen LogP contribution in [0.5, 0.6) is 0 Å². The number of carbonyl (C=O) groups excluding carboxylic acids is 1. The lowest BCUT2D eigenvalue weighted by molar-refractivity contribution is -0.130. The maximum Gasteiger partial charge on any atom is 0.227 e. The Labute approximate surface area is 122 Å². The summed E-state index contributed by atoms with van der Waals surface area (Å²) in [5, 5.41) is 0.906. The van der Waals surface area contributed by atoms with Gasteiger partial charge in [0.1, 0.15) is 5.82 Å². The Balaban J connectivity index is 1.76. The molecule has 1 aliphatic heterocycles. The number of aromatic amines is 1. The van der Waals surface area contributed by atoms with Gasteiger partial charge in [-0.05, 0) is 29.7 Å². The zero-order valence-corrected chi connectivity index (χ0v) is 12.1. The maximum absolute atomic E-state index is 13.2. The smallest absolute Gasteiger partial charge is 0.227 e. The first kappa shape index (κ1) is 14.1. The molecule has 0 saturated carbocycles. The number of H-pyrrole nitrogens is 1. The summed E-state index contributed by atoms with van der Waals surface area (Å²) in [5.41, 5.74) is 1.64. The van der Waals surface area contributed by atoms with Gasteiger partial charge in [-0.15, -0.1) is 0 Å². The molecule has 0 aliphatic carbocycles. The molecule has 1 aromatic heterocycles. The third-order valence-electron chi connectivity index (χ3n) is 3.86. The van der Waals surface area contributed by atoms with E-state index < -0.39 is 0 Å². The summed E-state index contributed by atoms with van der Waals surface area (Å²) in [4.78, 5) is 17.3. The van der Waals surface area contributed by atoms with Crippen molar-refractivity contribution in [3.63, 3.8) is 0 Å². The first-order valence-electron chi connectivity index (χ1n) is 7.24. The highest BCUT2D eigenvalue weighted by Crippen LogP contribution is 2.20. The largest absolute Gasteiger partial charge is 0.379 e. The van der Waals surface area contributed by atoms with Gasteiger partial charge in [0.15, 0.2) is 0 Å². The number of benzene rings is 1. The minimum absolute atomic E-state index is 0.0950. The van der Waals surface area contributed by atoms with Gasteiger partial charge in [-0.1, -0.05) is 6.92 Å². The Morgan fingerprint density at radius 3 is 3.24 bits per heavy atom. The lowest BCUT2D eigenvalue weighted by Crippen LogP contribution is -2.36. The molecule has 0 spiro atoms. The Morgan fingerprint density at radius 2 is 2.38 bits per heavy atom. The van der Waals surface area contributed by atoms with Crippen LogP contribution in [0.1, 0.15) is 12.5 Å². The SMILES string of the molecule is CC1COCCN(C(=O)Cc2c[nH]c3cc(F)ccc23)C1. The Hall–Kier alpha value is -1.88. The average molecular weight is 290 g/mol. The lowest BCUT2D eigenvalue weighted by atomic mass is 10.1. The molecule has 0 radical (unpaired) electrons. The summed E-state index contributed by atoms with van der Waals surface area (Å²) in [6.07, 6.45) is 2.12. The van der Waals surface area contributed by atoms with E-state index >= 15 is 0 Å². The van der Waals surface area contributed by atoms with Crippen LogP contribution in [0.3, 0.4) is 0 Å². The van der Waals surface area contributed by atoms with Gasteiger partial charge in [0.05, 0.1) is 19.6 Å². The van der Waals surface area contributed by atoms with Gasteiger partial charge in [0.25, 0.3) is 0 Å². The molecule has 1 atom stereocenters. The molecule has 4 nitrogen and oxygen atoms in total. The third kappa shape index (κ3) is 3.08. The number of rotatable bonds is 2. The molecule has 0 bridgehead atoms. The molecule has 5 heteroatoms. The number of aromatic nitrogens is 1. The predicted molar refractivity (Wildman–Crippen MR) is 78.5 cm³/mol. The number of nitrogens with zero attached hydrogens (tertiary/aromatic N) is 1. The van der Waals surface area contributed by atoms with E-state index in [2.05, 4.69) is 11.9 Å². The molecule has 1 aromatic carbocycles. The first-order valence-corrected chi connectivity index (χ1v) is 7.24. The standard InChI is InChI=1S/C16H19FN2O2/c1-11-9-19(4-5-21-10-11)16(20)6-12-8-18-15-7-13(17)2-3-14(12)15/h2-3,7-8,11,18H,4-6,9-10H2,1H3. The number of halogens is 1. The fourth-order valence-corrected chi connectivity index (χ4v) is 2.79. The van der Waals surface area contributed by atoms with Crippen molar-refractivity contribution < 1.29 is 13.9 Å². The Bertz CT molecular complexity index is 653. The second-order valence-corrected chi connectivity index (χ2v) is 5.70. The molecular formula is C16H19FN2O2. The predicted octanol–water partition coefficient (Wildman–Crippen LogP) is 2.34. The maximum atomic E-state index is 13.2. The average Bonchev–Trinajstić information content (AvgIpc) is 2.70. The molecule has 3 rings (SSSR count). The van der Waals surface area contributed by atoms with Crippen LogP contribution in [0.2, 0.25) is 0 Å². The van der Waals surface area contributed by atoms with Crippen LogP contribution in [-0.4, -0.2) is 42.1 Å². The first-order chi connectivity index (χ1) is 10.1. The van der Waals surface area contributed by atoms with Gasteiger partial charge >= 0.3 is 0 Å². The van der Waals surface area contributed by atoms with Crippen LogP contribution in [0.15, 0.2) is 24.4 Å². The number of fused-ring (bicyclic) bond motifs is 1. The highest BCUT2D eigenvalue weighted by molar-refractivity contribution is 5.89. The van der Waals surface area contributed by atoms with Crippen molar-refractivity contribution in [3.8, 4) is 0 Å². The van der Waals surface area contributed by atoms with Crippen LogP contribution in [-0.2, 0) is 16.0 Å². The molecular weight excluding hydrogens is 271 g/mol. The van der Waals surface area contributed by atoms with Crippen LogP contribution in [0.25, 0.3) is 10.9 Å². The summed E-state index contributed by atoms with van der Waals surface area (Å²) in [6.45, 7) is 4.75. The van der Waals surface area contributed by atoms with Crippen molar-refractivity contribution in [1.82, 2.24) is 9.88 Å². The summed E-state index contributed by atoms with van der Waals surface area (Å²) < 4.78 is 18.6. The molecule has 21 heavy (non-hydrogen) atoms.